The second kappa shape index (κ2) is 9.17. The summed E-state index contributed by atoms with van der Waals surface area (Å²) in [6.07, 6.45) is 0.745. The molecule has 0 saturated carbocycles. The maximum absolute atomic E-state index is 12.4. The van der Waals surface area contributed by atoms with Crippen LogP contribution in [0.3, 0.4) is 0 Å². The number of hydrogen-bond acceptors (Lipinski definition) is 6. The molecule has 30 heavy (non-hydrogen) atoms. The van der Waals surface area contributed by atoms with E-state index in [1.165, 1.54) is 11.3 Å². The van der Waals surface area contributed by atoms with Crippen LogP contribution < -0.4 is 5.32 Å². The van der Waals surface area contributed by atoms with Gasteiger partial charge in [-0.15, -0.1) is 11.3 Å². The Balaban J connectivity index is 1.47. The second-order valence-electron chi connectivity index (χ2n) is 6.92. The quantitative estimate of drug-likeness (QED) is 0.636. The number of aromatic nitrogens is 1. The van der Waals surface area contributed by atoms with E-state index in [4.69, 9.17) is 4.74 Å². The number of benzene rings is 1. The lowest BCUT2D eigenvalue weighted by Gasteiger charge is -2.38. The molecule has 2 amide bonds. The van der Waals surface area contributed by atoms with Crippen molar-refractivity contribution >= 4 is 28.8 Å². The third kappa shape index (κ3) is 4.56. The van der Waals surface area contributed by atoms with Crippen LogP contribution in [-0.2, 0) is 16.1 Å². The number of amides is 2. The number of aliphatic hydroxyl groups is 1. The minimum atomic E-state index is -0.931. The molecular formula is C22H21N3O4S. The van der Waals surface area contributed by atoms with Gasteiger partial charge in [-0.2, -0.15) is 0 Å². The Labute approximate surface area is 177 Å². The van der Waals surface area contributed by atoms with Crippen LogP contribution in [0, 0.1) is 0 Å². The highest BCUT2D eigenvalue weighted by Crippen LogP contribution is 2.26. The van der Waals surface area contributed by atoms with Crippen LogP contribution in [0.5, 0.6) is 0 Å². The van der Waals surface area contributed by atoms with Gasteiger partial charge in [-0.05, 0) is 41.3 Å². The van der Waals surface area contributed by atoms with E-state index in [9.17, 15) is 14.7 Å². The van der Waals surface area contributed by atoms with Gasteiger partial charge >= 0.3 is 0 Å². The predicted octanol–water partition coefficient (Wildman–Crippen LogP) is 2.86. The molecule has 4 rings (SSSR count). The van der Waals surface area contributed by atoms with Gasteiger partial charge in [0.25, 0.3) is 5.91 Å². The topological polar surface area (TPSA) is 91.8 Å². The van der Waals surface area contributed by atoms with E-state index in [0.29, 0.717) is 22.7 Å². The first-order valence-corrected chi connectivity index (χ1v) is 10.4. The number of nitrogens with zero attached hydrogens (tertiary/aromatic N) is 2. The summed E-state index contributed by atoms with van der Waals surface area (Å²) < 4.78 is 5.40. The van der Waals surface area contributed by atoms with Crippen LogP contribution in [0.1, 0.15) is 27.0 Å². The first kappa shape index (κ1) is 20.2. The Morgan fingerprint density at radius 2 is 2.07 bits per heavy atom. The third-order valence-electron chi connectivity index (χ3n) is 4.91. The number of nitrogens with one attached hydrogen (secondary N) is 1. The molecule has 1 aliphatic rings. The van der Waals surface area contributed by atoms with Crippen LogP contribution in [0.2, 0.25) is 0 Å². The Kier molecular flexibility index (Phi) is 6.18. The molecule has 3 aromatic rings. The number of anilines is 1. The summed E-state index contributed by atoms with van der Waals surface area (Å²) in [5.74, 6) is -0.359. The number of carbonyl (C=O) groups is 2. The molecule has 154 valence electrons. The van der Waals surface area contributed by atoms with E-state index < -0.39 is 12.1 Å². The fourth-order valence-corrected chi connectivity index (χ4v) is 3.96. The molecule has 1 fully saturated rings. The zero-order valence-corrected chi connectivity index (χ0v) is 16.9. The molecule has 0 radical (unpaired) electrons. The molecule has 0 spiro atoms. The van der Waals surface area contributed by atoms with Crippen molar-refractivity contribution in [3.63, 3.8) is 0 Å². The van der Waals surface area contributed by atoms with Crippen molar-refractivity contribution in [2.24, 2.45) is 0 Å². The summed E-state index contributed by atoms with van der Waals surface area (Å²) in [5, 5.41) is 15.6. The smallest absolute Gasteiger partial charge is 0.265 e. The summed E-state index contributed by atoms with van der Waals surface area (Å²) in [5.41, 5.74) is 2.01. The third-order valence-corrected chi connectivity index (χ3v) is 5.78. The lowest BCUT2D eigenvalue weighted by atomic mass is 9.99. The number of ether oxygens (including phenoxy) is 1. The molecule has 3 heterocycles. The molecule has 1 aromatic carbocycles. The van der Waals surface area contributed by atoms with Crippen molar-refractivity contribution in [2.75, 3.05) is 18.5 Å². The number of pyridine rings is 1. The lowest BCUT2D eigenvalue weighted by Crippen LogP contribution is -2.51. The summed E-state index contributed by atoms with van der Waals surface area (Å²) in [7, 11) is 0. The number of rotatable bonds is 6. The van der Waals surface area contributed by atoms with Crippen molar-refractivity contribution in [3.8, 4) is 0 Å². The van der Waals surface area contributed by atoms with Gasteiger partial charge in [0.2, 0.25) is 5.91 Å². The lowest BCUT2D eigenvalue weighted by molar-refractivity contribution is -0.155. The van der Waals surface area contributed by atoms with Gasteiger partial charge in [-0.1, -0.05) is 24.3 Å². The Morgan fingerprint density at radius 3 is 2.77 bits per heavy atom. The molecule has 0 bridgehead atoms. The van der Waals surface area contributed by atoms with E-state index in [-0.39, 0.29) is 25.0 Å². The average molecular weight is 423 g/mol. The van der Waals surface area contributed by atoms with Gasteiger partial charge in [0.15, 0.2) is 0 Å². The Bertz CT molecular complexity index is 993. The zero-order valence-electron chi connectivity index (χ0n) is 16.1. The molecule has 1 aliphatic heterocycles. The molecule has 0 aliphatic carbocycles. The Hall–Kier alpha value is -3.07. The molecule has 2 N–H and O–H groups in total. The number of morpholine rings is 1. The fourth-order valence-electron chi connectivity index (χ4n) is 3.34. The number of thiophene rings is 1. The predicted molar refractivity (Wildman–Crippen MR) is 113 cm³/mol. The van der Waals surface area contributed by atoms with Gasteiger partial charge < -0.3 is 20.1 Å². The second-order valence-corrected chi connectivity index (χ2v) is 7.87. The van der Waals surface area contributed by atoms with Crippen LogP contribution >= 0.6 is 11.3 Å². The van der Waals surface area contributed by atoms with Crippen molar-refractivity contribution in [1.82, 2.24) is 9.88 Å². The highest BCUT2D eigenvalue weighted by Gasteiger charge is 2.34. The molecule has 1 saturated heterocycles. The average Bonchev–Trinajstić information content (AvgIpc) is 3.31. The minimum Gasteiger partial charge on any atom is -0.386 e. The van der Waals surface area contributed by atoms with Crippen LogP contribution in [0.15, 0.2) is 66.2 Å². The standard InChI is InChI=1S/C22H21N3O4S/c26-20-14-29-13-18(25(20)12-17-4-1-2-10-23-17)21(27)15-6-8-16(9-7-15)24-22(28)19-5-3-11-30-19/h1-11,18,21,27H,12-14H2,(H,24,28). The largest absolute Gasteiger partial charge is 0.386 e. The van der Waals surface area contributed by atoms with Crippen molar-refractivity contribution in [2.45, 2.75) is 18.7 Å². The van der Waals surface area contributed by atoms with E-state index in [1.807, 2.05) is 29.6 Å². The monoisotopic (exact) mass is 423 g/mol. The molecule has 2 aromatic heterocycles. The van der Waals surface area contributed by atoms with Crippen molar-refractivity contribution < 1.29 is 19.4 Å². The molecule has 8 heteroatoms. The van der Waals surface area contributed by atoms with Gasteiger partial charge in [-0.25, -0.2) is 0 Å². The van der Waals surface area contributed by atoms with Crippen molar-refractivity contribution in [3.05, 3.63) is 82.3 Å². The fraction of sp³-hybridized carbons (Fsp3) is 0.227. The zero-order chi connectivity index (χ0) is 20.9. The number of aliphatic hydroxyl groups excluding tert-OH is 1. The summed E-state index contributed by atoms with van der Waals surface area (Å²) >= 11 is 1.37. The van der Waals surface area contributed by atoms with Gasteiger partial charge in [0.1, 0.15) is 12.7 Å². The first-order valence-electron chi connectivity index (χ1n) is 9.52. The number of hydrogen-bond donors (Lipinski definition) is 2. The van der Waals surface area contributed by atoms with Crippen LogP contribution in [0.25, 0.3) is 0 Å². The molecular weight excluding hydrogens is 402 g/mol. The highest BCUT2D eigenvalue weighted by molar-refractivity contribution is 7.12. The normalized spacial score (nSPS) is 17.6. The van der Waals surface area contributed by atoms with Crippen LogP contribution in [0.4, 0.5) is 5.69 Å². The van der Waals surface area contributed by atoms with E-state index in [2.05, 4.69) is 10.3 Å². The maximum atomic E-state index is 12.4. The van der Waals surface area contributed by atoms with E-state index >= 15 is 0 Å². The highest BCUT2D eigenvalue weighted by atomic mass is 32.1. The molecule has 2 atom stereocenters. The minimum absolute atomic E-state index is 0.0102. The first-order chi connectivity index (χ1) is 14.6. The van der Waals surface area contributed by atoms with E-state index in [0.717, 1.165) is 5.69 Å². The van der Waals surface area contributed by atoms with Gasteiger partial charge in [-0.3, -0.25) is 14.6 Å². The van der Waals surface area contributed by atoms with Crippen molar-refractivity contribution in [1.29, 1.82) is 0 Å². The summed E-state index contributed by atoms with van der Waals surface area (Å²) in [6.45, 7) is 0.528. The summed E-state index contributed by atoms with van der Waals surface area (Å²) in [6, 6.07) is 15.5. The number of carbonyl (C=O) groups excluding carboxylic acids is 2. The van der Waals surface area contributed by atoms with Gasteiger partial charge in [0.05, 0.1) is 29.8 Å². The van der Waals surface area contributed by atoms with Crippen LogP contribution in [-0.4, -0.2) is 46.1 Å². The Morgan fingerprint density at radius 1 is 1.23 bits per heavy atom. The van der Waals surface area contributed by atoms with E-state index in [1.54, 1.807) is 41.4 Å². The molecule has 2 unspecified atom stereocenters. The SMILES string of the molecule is O=C(Nc1ccc(C(O)C2COCC(=O)N2Cc2ccccn2)cc1)c1cccs1. The van der Waals surface area contributed by atoms with Gasteiger partial charge in [0, 0.05) is 11.9 Å². The maximum Gasteiger partial charge on any atom is 0.265 e. The molecule has 7 nitrogen and oxygen atoms in total. The summed E-state index contributed by atoms with van der Waals surface area (Å²) in [4.78, 5) is 31.1.